The van der Waals surface area contributed by atoms with Gasteiger partial charge in [-0.15, -0.1) is 0 Å². The third-order valence-electron chi connectivity index (χ3n) is 3.35. The Kier molecular flexibility index (Phi) is 3.56. The van der Waals surface area contributed by atoms with Crippen LogP contribution in [0.15, 0.2) is 24.3 Å². The SMILES string of the molecule is CC1CCN(Cc2ccccc2F)CC1O. The molecule has 0 aliphatic carbocycles. The van der Waals surface area contributed by atoms with Crippen molar-refractivity contribution in [3.63, 3.8) is 0 Å². The molecule has 0 bridgehead atoms. The Balaban J connectivity index is 1.98. The molecular weight excluding hydrogens is 205 g/mol. The van der Waals surface area contributed by atoms with Crippen LogP contribution in [-0.2, 0) is 6.54 Å². The molecule has 16 heavy (non-hydrogen) atoms. The Morgan fingerprint density at radius 1 is 1.44 bits per heavy atom. The summed E-state index contributed by atoms with van der Waals surface area (Å²) in [6.45, 7) is 4.24. The molecule has 1 heterocycles. The molecule has 2 nitrogen and oxygen atoms in total. The van der Waals surface area contributed by atoms with E-state index in [1.807, 2.05) is 6.07 Å². The maximum Gasteiger partial charge on any atom is 0.127 e. The number of halogens is 1. The van der Waals surface area contributed by atoms with Gasteiger partial charge in [0.15, 0.2) is 0 Å². The van der Waals surface area contributed by atoms with Gasteiger partial charge in [0.1, 0.15) is 5.82 Å². The minimum atomic E-state index is -0.277. The summed E-state index contributed by atoms with van der Waals surface area (Å²) in [4.78, 5) is 2.11. The van der Waals surface area contributed by atoms with Crippen LogP contribution in [0, 0.1) is 11.7 Å². The molecule has 0 radical (unpaired) electrons. The Hall–Kier alpha value is -0.930. The molecule has 1 fully saturated rings. The monoisotopic (exact) mass is 223 g/mol. The third kappa shape index (κ3) is 2.60. The van der Waals surface area contributed by atoms with Crippen LogP contribution in [0.3, 0.4) is 0 Å². The molecule has 2 atom stereocenters. The Labute approximate surface area is 95.7 Å². The minimum Gasteiger partial charge on any atom is -0.392 e. The van der Waals surface area contributed by atoms with E-state index in [0.29, 0.717) is 24.6 Å². The predicted octanol–water partition coefficient (Wildman–Crippen LogP) is 2.03. The zero-order valence-electron chi connectivity index (χ0n) is 9.56. The van der Waals surface area contributed by atoms with Crippen molar-refractivity contribution in [3.8, 4) is 0 Å². The average molecular weight is 223 g/mol. The predicted molar refractivity (Wildman–Crippen MR) is 61.5 cm³/mol. The number of nitrogens with zero attached hydrogens (tertiary/aromatic N) is 1. The van der Waals surface area contributed by atoms with Crippen LogP contribution >= 0.6 is 0 Å². The first-order chi connectivity index (χ1) is 7.66. The smallest absolute Gasteiger partial charge is 0.127 e. The van der Waals surface area contributed by atoms with Crippen LogP contribution in [0.5, 0.6) is 0 Å². The lowest BCUT2D eigenvalue weighted by molar-refractivity contribution is 0.0255. The number of hydrogen-bond acceptors (Lipinski definition) is 2. The Morgan fingerprint density at radius 3 is 2.88 bits per heavy atom. The van der Waals surface area contributed by atoms with Gasteiger partial charge in [-0.25, -0.2) is 4.39 Å². The van der Waals surface area contributed by atoms with Crippen LogP contribution in [0.4, 0.5) is 4.39 Å². The van der Waals surface area contributed by atoms with E-state index in [1.54, 1.807) is 12.1 Å². The summed E-state index contributed by atoms with van der Waals surface area (Å²) in [5.41, 5.74) is 0.712. The summed E-state index contributed by atoms with van der Waals surface area (Å²) in [7, 11) is 0. The van der Waals surface area contributed by atoms with E-state index in [-0.39, 0.29) is 11.9 Å². The van der Waals surface area contributed by atoms with Gasteiger partial charge in [-0.3, -0.25) is 4.90 Å². The van der Waals surface area contributed by atoms with Gasteiger partial charge < -0.3 is 5.11 Å². The highest BCUT2D eigenvalue weighted by Gasteiger charge is 2.24. The van der Waals surface area contributed by atoms with Crippen LogP contribution < -0.4 is 0 Å². The van der Waals surface area contributed by atoms with Crippen molar-refractivity contribution in [1.82, 2.24) is 4.90 Å². The van der Waals surface area contributed by atoms with Crippen LogP contribution in [-0.4, -0.2) is 29.2 Å². The number of likely N-dealkylation sites (tertiary alicyclic amines) is 1. The van der Waals surface area contributed by atoms with E-state index < -0.39 is 0 Å². The number of β-amino-alcohol motifs (C(OH)–C–C–N with tert-alkyl or cyclic N) is 1. The van der Waals surface area contributed by atoms with Crippen molar-refractivity contribution >= 4 is 0 Å². The molecule has 0 spiro atoms. The Morgan fingerprint density at radius 2 is 2.19 bits per heavy atom. The van der Waals surface area contributed by atoms with E-state index in [0.717, 1.165) is 13.0 Å². The molecule has 3 heteroatoms. The number of piperidine rings is 1. The number of aliphatic hydroxyl groups excluding tert-OH is 1. The topological polar surface area (TPSA) is 23.5 Å². The van der Waals surface area contributed by atoms with E-state index >= 15 is 0 Å². The molecule has 1 aromatic carbocycles. The molecular formula is C13H18FNO. The summed E-state index contributed by atoms with van der Waals surface area (Å²) in [6.07, 6.45) is 0.704. The van der Waals surface area contributed by atoms with Gasteiger partial charge in [-0.1, -0.05) is 25.1 Å². The van der Waals surface area contributed by atoms with E-state index in [4.69, 9.17) is 0 Å². The number of benzene rings is 1. The normalized spacial score (nSPS) is 26.9. The second-order valence-electron chi connectivity index (χ2n) is 4.66. The van der Waals surface area contributed by atoms with Gasteiger partial charge in [0, 0.05) is 18.7 Å². The Bertz CT molecular complexity index is 356. The van der Waals surface area contributed by atoms with Crippen molar-refractivity contribution in [3.05, 3.63) is 35.6 Å². The van der Waals surface area contributed by atoms with Crippen molar-refractivity contribution in [1.29, 1.82) is 0 Å². The molecule has 1 aliphatic rings. The number of rotatable bonds is 2. The van der Waals surface area contributed by atoms with Gasteiger partial charge in [-0.05, 0) is 24.9 Å². The molecule has 2 rings (SSSR count). The molecule has 1 saturated heterocycles. The summed E-state index contributed by atoms with van der Waals surface area (Å²) >= 11 is 0. The first-order valence-electron chi connectivity index (χ1n) is 5.80. The summed E-state index contributed by atoms with van der Waals surface area (Å²) in [5.74, 6) is 0.201. The van der Waals surface area contributed by atoms with Crippen molar-refractivity contribution in [2.75, 3.05) is 13.1 Å². The van der Waals surface area contributed by atoms with Gasteiger partial charge in [0.25, 0.3) is 0 Å². The fraction of sp³-hybridized carbons (Fsp3) is 0.538. The third-order valence-corrected chi connectivity index (χ3v) is 3.35. The molecule has 0 aromatic heterocycles. The zero-order valence-corrected chi connectivity index (χ0v) is 9.56. The molecule has 1 aliphatic heterocycles. The largest absolute Gasteiger partial charge is 0.392 e. The molecule has 2 unspecified atom stereocenters. The van der Waals surface area contributed by atoms with Gasteiger partial charge >= 0.3 is 0 Å². The van der Waals surface area contributed by atoms with Crippen molar-refractivity contribution in [2.45, 2.75) is 26.0 Å². The summed E-state index contributed by atoms with van der Waals surface area (Å²) in [5, 5.41) is 9.76. The summed E-state index contributed by atoms with van der Waals surface area (Å²) < 4.78 is 13.4. The van der Waals surface area contributed by atoms with Crippen LogP contribution in [0.25, 0.3) is 0 Å². The van der Waals surface area contributed by atoms with Crippen molar-refractivity contribution in [2.24, 2.45) is 5.92 Å². The second-order valence-corrected chi connectivity index (χ2v) is 4.66. The second kappa shape index (κ2) is 4.93. The lowest BCUT2D eigenvalue weighted by atomic mass is 9.96. The van der Waals surface area contributed by atoms with Gasteiger partial charge in [-0.2, -0.15) is 0 Å². The maximum absolute atomic E-state index is 13.4. The van der Waals surface area contributed by atoms with Gasteiger partial charge in [0.05, 0.1) is 6.10 Å². The first-order valence-corrected chi connectivity index (χ1v) is 5.80. The fourth-order valence-corrected chi connectivity index (χ4v) is 2.13. The van der Waals surface area contributed by atoms with Crippen molar-refractivity contribution < 1.29 is 9.50 Å². The maximum atomic E-state index is 13.4. The highest BCUT2D eigenvalue weighted by molar-refractivity contribution is 5.17. The molecule has 1 aromatic rings. The number of hydrogen-bond donors (Lipinski definition) is 1. The molecule has 88 valence electrons. The zero-order chi connectivity index (χ0) is 11.5. The molecule has 1 N–H and O–H groups in total. The summed E-state index contributed by atoms with van der Waals surface area (Å²) in [6, 6.07) is 6.84. The van der Waals surface area contributed by atoms with E-state index in [9.17, 15) is 9.50 Å². The molecule has 0 saturated carbocycles. The average Bonchev–Trinajstić information content (AvgIpc) is 2.27. The van der Waals surface area contributed by atoms with Crippen LogP contribution in [0.1, 0.15) is 18.9 Å². The van der Waals surface area contributed by atoms with E-state index in [2.05, 4.69) is 11.8 Å². The van der Waals surface area contributed by atoms with Crippen LogP contribution in [0.2, 0.25) is 0 Å². The highest BCUT2D eigenvalue weighted by atomic mass is 19.1. The quantitative estimate of drug-likeness (QED) is 0.829. The van der Waals surface area contributed by atoms with Gasteiger partial charge in [0.2, 0.25) is 0 Å². The minimum absolute atomic E-state index is 0.157. The fourth-order valence-electron chi connectivity index (χ4n) is 2.13. The standard InChI is InChI=1S/C13H18FNO/c1-10-6-7-15(9-13(10)16)8-11-4-2-3-5-12(11)14/h2-5,10,13,16H,6-9H2,1H3. The van der Waals surface area contributed by atoms with E-state index in [1.165, 1.54) is 6.07 Å². The number of aliphatic hydroxyl groups is 1. The first kappa shape index (κ1) is 11.6. The molecule has 0 amide bonds. The lowest BCUT2D eigenvalue weighted by Crippen LogP contribution is -2.42. The highest BCUT2D eigenvalue weighted by Crippen LogP contribution is 2.19. The lowest BCUT2D eigenvalue weighted by Gasteiger charge is -2.34.